The summed E-state index contributed by atoms with van der Waals surface area (Å²) >= 11 is 0. The number of hydrogen-bond donors (Lipinski definition) is 0. The van der Waals surface area contributed by atoms with Crippen molar-refractivity contribution in [1.82, 2.24) is 9.80 Å². The Morgan fingerprint density at radius 1 is 0.969 bits per heavy atom. The molecular formula is C26H32N2O4. The summed E-state index contributed by atoms with van der Waals surface area (Å²) in [7, 11) is 3.28. The summed E-state index contributed by atoms with van der Waals surface area (Å²) in [6, 6.07) is 15.3. The number of carbonyl (C=O) groups is 2. The van der Waals surface area contributed by atoms with Gasteiger partial charge in [-0.2, -0.15) is 0 Å². The summed E-state index contributed by atoms with van der Waals surface area (Å²) in [4.78, 5) is 29.8. The molecule has 2 aromatic rings. The highest BCUT2D eigenvalue weighted by Crippen LogP contribution is 2.34. The molecule has 2 atom stereocenters. The summed E-state index contributed by atoms with van der Waals surface area (Å²) in [6.45, 7) is 2.86. The fraction of sp³-hybridized carbons (Fsp3) is 0.462. The van der Waals surface area contributed by atoms with Gasteiger partial charge in [-0.3, -0.25) is 9.59 Å². The maximum atomic E-state index is 13.0. The lowest BCUT2D eigenvalue weighted by Gasteiger charge is -2.37. The van der Waals surface area contributed by atoms with Crippen LogP contribution in [0.15, 0.2) is 48.5 Å². The van der Waals surface area contributed by atoms with Gasteiger partial charge >= 0.3 is 0 Å². The summed E-state index contributed by atoms with van der Waals surface area (Å²) in [6.07, 6.45) is 3.13. The molecule has 2 fully saturated rings. The Kier molecular flexibility index (Phi) is 6.98. The number of para-hydroxylation sites is 1. The average Bonchev–Trinajstić information content (AvgIpc) is 2.99. The van der Waals surface area contributed by atoms with E-state index in [0.717, 1.165) is 55.8 Å². The van der Waals surface area contributed by atoms with Crippen LogP contribution in [0, 0.1) is 11.8 Å². The SMILES string of the molecule is COc1cccc(CCN2CC[C@@H]3CN(C(=O)c4ccccc4)CC[C@H]3CC2=O)c1OC. The van der Waals surface area contributed by atoms with Gasteiger partial charge in [0.1, 0.15) is 0 Å². The average molecular weight is 437 g/mol. The lowest BCUT2D eigenvalue weighted by molar-refractivity contribution is -0.131. The topological polar surface area (TPSA) is 59.1 Å². The molecule has 170 valence electrons. The smallest absolute Gasteiger partial charge is 0.253 e. The highest BCUT2D eigenvalue weighted by Gasteiger charge is 2.36. The van der Waals surface area contributed by atoms with E-state index >= 15 is 0 Å². The van der Waals surface area contributed by atoms with Gasteiger partial charge in [-0.25, -0.2) is 0 Å². The predicted octanol–water partition coefficient (Wildman–Crippen LogP) is 3.65. The van der Waals surface area contributed by atoms with E-state index in [1.807, 2.05) is 58.3 Å². The molecule has 6 heteroatoms. The third kappa shape index (κ3) is 4.74. The molecule has 32 heavy (non-hydrogen) atoms. The number of hydrogen-bond acceptors (Lipinski definition) is 4. The molecule has 0 unspecified atom stereocenters. The Morgan fingerprint density at radius 3 is 2.50 bits per heavy atom. The van der Waals surface area contributed by atoms with Crippen LogP contribution < -0.4 is 9.47 Å². The number of piperidine rings is 1. The van der Waals surface area contributed by atoms with Crippen LogP contribution in [0.3, 0.4) is 0 Å². The lowest BCUT2D eigenvalue weighted by atomic mass is 9.82. The van der Waals surface area contributed by atoms with E-state index in [1.165, 1.54) is 0 Å². The lowest BCUT2D eigenvalue weighted by Crippen LogP contribution is -2.43. The van der Waals surface area contributed by atoms with Gasteiger partial charge in [-0.1, -0.05) is 30.3 Å². The molecule has 2 aliphatic heterocycles. The Balaban J connectivity index is 1.38. The quantitative estimate of drug-likeness (QED) is 0.694. The van der Waals surface area contributed by atoms with Crippen LogP contribution in [0.4, 0.5) is 0 Å². The van der Waals surface area contributed by atoms with Crippen LogP contribution in [0.5, 0.6) is 11.5 Å². The highest BCUT2D eigenvalue weighted by atomic mass is 16.5. The highest BCUT2D eigenvalue weighted by molar-refractivity contribution is 5.94. The summed E-state index contributed by atoms with van der Waals surface area (Å²) in [5.41, 5.74) is 1.78. The molecule has 2 aliphatic rings. The second kappa shape index (κ2) is 10.1. The number of ether oxygens (including phenoxy) is 2. The number of benzene rings is 2. The molecule has 0 bridgehead atoms. The van der Waals surface area contributed by atoms with Crippen molar-refractivity contribution < 1.29 is 19.1 Å². The molecule has 2 aromatic carbocycles. The van der Waals surface area contributed by atoms with Crippen LogP contribution in [0.25, 0.3) is 0 Å². The van der Waals surface area contributed by atoms with E-state index < -0.39 is 0 Å². The first-order chi connectivity index (χ1) is 15.6. The van der Waals surface area contributed by atoms with E-state index in [0.29, 0.717) is 30.6 Å². The van der Waals surface area contributed by atoms with Crippen LogP contribution in [0.1, 0.15) is 35.2 Å². The fourth-order valence-corrected chi connectivity index (χ4v) is 5.07. The Hall–Kier alpha value is -3.02. The van der Waals surface area contributed by atoms with Crippen molar-refractivity contribution in [3.05, 3.63) is 59.7 Å². The number of carbonyl (C=O) groups excluding carboxylic acids is 2. The second-order valence-electron chi connectivity index (χ2n) is 8.70. The van der Waals surface area contributed by atoms with E-state index in [2.05, 4.69) is 0 Å². The van der Waals surface area contributed by atoms with Crippen LogP contribution >= 0.6 is 0 Å². The van der Waals surface area contributed by atoms with E-state index in [4.69, 9.17) is 9.47 Å². The molecule has 0 aliphatic carbocycles. The summed E-state index contributed by atoms with van der Waals surface area (Å²) < 4.78 is 10.9. The molecule has 0 radical (unpaired) electrons. The van der Waals surface area contributed by atoms with Crippen LogP contribution in [-0.2, 0) is 11.2 Å². The van der Waals surface area contributed by atoms with Crippen molar-refractivity contribution in [1.29, 1.82) is 0 Å². The van der Waals surface area contributed by atoms with Gasteiger partial charge in [0.2, 0.25) is 5.91 Å². The minimum atomic E-state index is 0.0987. The largest absolute Gasteiger partial charge is 0.493 e. The maximum absolute atomic E-state index is 13.0. The van der Waals surface area contributed by atoms with Gasteiger partial charge in [0.15, 0.2) is 11.5 Å². The number of likely N-dealkylation sites (tertiary alicyclic amines) is 2. The number of amides is 2. The zero-order chi connectivity index (χ0) is 22.5. The van der Waals surface area contributed by atoms with E-state index in [9.17, 15) is 9.59 Å². The number of methoxy groups -OCH3 is 2. The Labute approximate surface area is 190 Å². The van der Waals surface area contributed by atoms with Gasteiger partial charge in [0.25, 0.3) is 5.91 Å². The molecular weight excluding hydrogens is 404 g/mol. The van der Waals surface area contributed by atoms with Gasteiger partial charge in [-0.05, 0) is 54.9 Å². The second-order valence-corrected chi connectivity index (χ2v) is 8.70. The molecule has 0 N–H and O–H groups in total. The Morgan fingerprint density at radius 2 is 1.75 bits per heavy atom. The summed E-state index contributed by atoms with van der Waals surface area (Å²) in [5, 5.41) is 0. The number of nitrogens with zero attached hydrogens (tertiary/aromatic N) is 2. The van der Waals surface area contributed by atoms with Crippen molar-refractivity contribution in [2.75, 3.05) is 40.4 Å². The molecule has 0 aromatic heterocycles. The van der Waals surface area contributed by atoms with E-state index in [1.54, 1.807) is 14.2 Å². The minimum Gasteiger partial charge on any atom is -0.493 e. The third-order valence-corrected chi connectivity index (χ3v) is 6.89. The van der Waals surface area contributed by atoms with Crippen molar-refractivity contribution >= 4 is 11.8 Å². The molecule has 6 nitrogen and oxygen atoms in total. The standard InChI is InChI=1S/C26H32N2O4/c1-31-23-10-6-9-19(25(23)32-2)11-14-27-15-13-22-18-28(16-12-21(22)17-24(27)29)26(30)20-7-4-3-5-8-20/h3-10,21-22H,11-18H2,1-2H3/t21-,22+/m0/s1. The third-order valence-electron chi connectivity index (χ3n) is 6.89. The molecule has 2 saturated heterocycles. The van der Waals surface area contributed by atoms with Gasteiger partial charge in [0, 0.05) is 38.2 Å². The van der Waals surface area contributed by atoms with Gasteiger partial charge in [0.05, 0.1) is 14.2 Å². The molecule has 2 heterocycles. The predicted molar refractivity (Wildman–Crippen MR) is 123 cm³/mol. The van der Waals surface area contributed by atoms with Crippen molar-refractivity contribution in [3.8, 4) is 11.5 Å². The van der Waals surface area contributed by atoms with Gasteiger partial charge in [-0.15, -0.1) is 0 Å². The normalized spacial score (nSPS) is 21.0. The first-order valence-corrected chi connectivity index (χ1v) is 11.4. The summed E-state index contributed by atoms with van der Waals surface area (Å²) in [5.74, 6) is 2.50. The first-order valence-electron chi connectivity index (χ1n) is 11.4. The molecule has 4 rings (SSSR count). The van der Waals surface area contributed by atoms with Crippen molar-refractivity contribution in [2.24, 2.45) is 11.8 Å². The minimum absolute atomic E-state index is 0.0987. The molecule has 0 saturated carbocycles. The van der Waals surface area contributed by atoms with E-state index in [-0.39, 0.29) is 11.8 Å². The Bertz CT molecular complexity index is 946. The zero-order valence-corrected chi connectivity index (χ0v) is 19.0. The molecule has 0 spiro atoms. The van der Waals surface area contributed by atoms with Crippen LogP contribution in [0.2, 0.25) is 0 Å². The monoisotopic (exact) mass is 436 g/mol. The van der Waals surface area contributed by atoms with Crippen molar-refractivity contribution in [2.45, 2.75) is 25.7 Å². The van der Waals surface area contributed by atoms with Gasteiger partial charge < -0.3 is 19.3 Å². The fourth-order valence-electron chi connectivity index (χ4n) is 5.07. The first kappa shape index (κ1) is 22.2. The van der Waals surface area contributed by atoms with Crippen LogP contribution in [-0.4, -0.2) is 62.0 Å². The zero-order valence-electron chi connectivity index (χ0n) is 19.0. The maximum Gasteiger partial charge on any atom is 0.253 e. The number of rotatable bonds is 6. The van der Waals surface area contributed by atoms with Crippen molar-refractivity contribution in [3.63, 3.8) is 0 Å². The molecule has 2 amide bonds. The number of fused-ring (bicyclic) bond motifs is 1.